The summed E-state index contributed by atoms with van der Waals surface area (Å²) in [7, 11) is 1.91. The molecule has 2 aliphatic rings. The first-order chi connectivity index (χ1) is 9.12. The second kappa shape index (κ2) is 4.64. The molecule has 2 fully saturated rings. The topological polar surface area (TPSA) is 23.6 Å². The SMILES string of the molecule is C[C@H](c1ccccc1)N1CCC[C@]2(CN(C)C2=O)C1. The molecule has 1 aromatic rings. The predicted octanol–water partition coefficient (Wildman–Crippen LogP) is 2.30. The average molecular weight is 258 g/mol. The molecule has 2 heterocycles. The van der Waals surface area contributed by atoms with Crippen LogP contribution in [0.3, 0.4) is 0 Å². The van der Waals surface area contributed by atoms with Crippen LogP contribution >= 0.6 is 0 Å². The quantitative estimate of drug-likeness (QED) is 0.760. The van der Waals surface area contributed by atoms with E-state index in [2.05, 4.69) is 42.2 Å². The van der Waals surface area contributed by atoms with Crippen LogP contribution in [0.25, 0.3) is 0 Å². The molecule has 3 nitrogen and oxygen atoms in total. The van der Waals surface area contributed by atoms with Gasteiger partial charge in [-0.25, -0.2) is 0 Å². The van der Waals surface area contributed by atoms with Crippen molar-refractivity contribution in [3.05, 3.63) is 35.9 Å². The zero-order chi connectivity index (χ0) is 13.5. The van der Waals surface area contributed by atoms with E-state index in [0.717, 1.165) is 32.5 Å². The number of benzene rings is 1. The van der Waals surface area contributed by atoms with Gasteiger partial charge in [-0.05, 0) is 31.9 Å². The summed E-state index contributed by atoms with van der Waals surface area (Å²) in [6.07, 6.45) is 2.20. The van der Waals surface area contributed by atoms with Crippen molar-refractivity contribution in [3.63, 3.8) is 0 Å². The van der Waals surface area contributed by atoms with Crippen LogP contribution in [-0.2, 0) is 4.79 Å². The maximum Gasteiger partial charge on any atom is 0.231 e. The molecule has 102 valence electrons. The molecule has 1 amide bonds. The van der Waals surface area contributed by atoms with Crippen molar-refractivity contribution in [2.45, 2.75) is 25.8 Å². The third-order valence-corrected chi connectivity index (χ3v) is 4.78. The lowest BCUT2D eigenvalue weighted by atomic mass is 9.72. The number of nitrogens with zero attached hydrogens (tertiary/aromatic N) is 2. The van der Waals surface area contributed by atoms with Crippen molar-refractivity contribution in [2.75, 3.05) is 26.7 Å². The van der Waals surface area contributed by atoms with Crippen molar-refractivity contribution in [2.24, 2.45) is 5.41 Å². The van der Waals surface area contributed by atoms with E-state index in [1.54, 1.807) is 0 Å². The van der Waals surface area contributed by atoms with Crippen LogP contribution in [0.1, 0.15) is 31.4 Å². The number of rotatable bonds is 2. The van der Waals surface area contributed by atoms with Gasteiger partial charge in [0.05, 0.1) is 5.41 Å². The van der Waals surface area contributed by atoms with E-state index in [4.69, 9.17) is 0 Å². The van der Waals surface area contributed by atoms with Gasteiger partial charge in [-0.15, -0.1) is 0 Å². The summed E-state index contributed by atoms with van der Waals surface area (Å²) in [4.78, 5) is 16.5. The van der Waals surface area contributed by atoms with Crippen molar-refractivity contribution in [1.82, 2.24) is 9.80 Å². The second-order valence-corrected chi connectivity index (χ2v) is 6.10. The molecule has 3 heteroatoms. The standard InChI is InChI=1S/C16H22N2O/c1-13(14-7-4-3-5-8-14)18-10-6-9-16(12-18)11-17(2)15(16)19/h3-5,7-8,13H,6,9-12H2,1-2H3/t13-,16+/m1/s1. The number of piperidine rings is 1. The molecule has 19 heavy (non-hydrogen) atoms. The Kier molecular flexibility index (Phi) is 3.09. The number of amides is 1. The fourth-order valence-electron chi connectivity index (χ4n) is 3.65. The summed E-state index contributed by atoms with van der Waals surface area (Å²) in [6, 6.07) is 11.0. The minimum atomic E-state index is -0.0734. The van der Waals surface area contributed by atoms with Crippen molar-refractivity contribution < 1.29 is 4.79 Å². The van der Waals surface area contributed by atoms with Crippen molar-refractivity contribution in [3.8, 4) is 0 Å². The van der Waals surface area contributed by atoms with Gasteiger partial charge in [0.15, 0.2) is 0 Å². The summed E-state index contributed by atoms with van der Waals surface area (Å²) in [5, 5.41) is 0. The lowest BCUT2D eigenvalue weighted by Gasteiger charge is -2.53. The first-order valence-corrected chi connectivity index (χ1v) is 7.17. The largest absolute Gasteiger partial charge is 0.344 e. The Morgan fingerprint density at radius 1 is 1.21 bits per heavy atom. The third-order valence-electron chi connectivity index (χ3n) is 4.78. The molecule has 2 aliphatic heterocycles. The highest BCUT2D eigenvalue weighted by atomic mass is 16.2. The van der Waals surface area contributed by atoms with Crippen LogP contribution < -0.4 is 0 Å². The van der Waals surface area contributed by atoms with Gasteiger partial charge in [0.1, 0.15) is 0 Å². The minimum absolute atomic E-state index is 0.0734. The molecule has 2 saturated heterocycles. The predicted molar refractivity (Wildman–Crippen MR) is 75.7 cm³/mol. The summed E-state index contributed by atoms with van der Waals surface area (Å²) >= 11 is 0. The van der Waals surface area contributed by atoms with E-state index in [1.165, 1.54) is 5.56 Å². The van der Waals surface area contributed by atoms with Gasteiger partial charge in [0, 0.05) is 26.2 Å². The van der Waals surface area contributed by atoms with Crippen LogP contribution in [-0.4, -0.2) is 42.4 Å². The fourth-order valence-corrected chi connectivity index (χ4v) is 3.65. The van der Waals surface area contributed by atoms with E-state index in [9.17, 15) is 4.79 Å². The van der Waals surface area contributed by atoms with E-state index >= 15 is 0 Å². The Hall–Kier alpha value is -1.35. The summed E-state index contributed by atoms with van der Waals surface area (Å²) in [5.41, 5.74) is 1.27. The first kappa shape index (κ1) is 12.7. The molecule has 2 atom stereocenters. The number of likely N-dealkylation sites (tertiary alicyclic amines) is 2. The van der Waals surface area contributed by atoms with Crippen molar-refractivity contribution >= 4 is 5.91 Å². The second-order valence-electron chi connectivity index (χ2n) is 6.10. The van der Waals surface area contributed by atoms with Gasteiger partial charge in [0.25, 0.3) is 0 Å². The first-order valence-electron chi connectivity index (χ1n) is 7.17. The van der Waals surface area contributed by atoms with Gasteiger partial charge < -0.3 is 4.90 Å². The number of β-lactam (4-membered cyclic amide) rings is 1. The Bertz CT molecular complexity index is 469. The Balaban J connectivity index is 1.74. The number of carbonyl (C=O) groups is 1. The number of carbonyl (C=O) groups excluding carboxylic acids is 1. The third kappa shape index (κ3) is 2.06. The molecule has 3 rings (SSSR count). The maximum absolute atomic E-state index is 12.1. The van der Waals surface area contributed by atoms with E-state index < -0.39 is 0 Å². The van der Waals surface area contributed by atoms with Crippen molar-refractivity contribution in [1.29, 1.82) is 0 Å². The Morgan fingerprint density at radius 3 is 2.58 bits per heavy atom. The van der Waals surface area contributed by atoms with Gasteiger partial charge in [-0.3, -0.25) is 9.69 Å². The van der Waals surface area contributed by atoms with Crippen LogP contribution in [0.2, 0.25) is 0 Å². The zero-order valence-electron chi connectivity index (χ0n) is 11.8. The summed E-state index contributed by atoms with van der Waals surface area (Å²) in [6.45, 7) is 5.21. The summed E-state index contributed by atoms with van der Waals surface area (Å²) < 4.78 is 0. The number of hydrogen-bond acceptors (Lipinski definition) is 2. The van der Waals surface area contributed by atoms with Crippen LogP contribution in [0.4, 0.5) is 0 Å². The van der Waals surface area contributed by atoms with Crippen LogP contribution in [0, 0.1) is 5.41 Å². The average Bonchev–Trinajstić information content (AvgIpc) is 2.47. The molecule has 0 aliphatic carbocycles. The fraction of sp³-hybridized carbons (Fsp3) is 0.562. The molecular formula is C16H22N2O. The van der Waals surface area contributed by atoms with Crippen LogP contribution in [0.5, 0.6) is 0 Å². The Morgan fingerprint density at radius 2 is 1.95 bits per heavy atom. The molecule has 0 saturated carbocycles. The highest BCUT2D eigenvalue weighted by molar-refractivity contribution is 5.88. The van der Waals surface area contributed by atoms with Gasteiger partial charge in [0.2, 0.25) is 5.91 Å². The molecule has 0 radical (unpaired) electrons. The van der Waals surface area contributed by atoms with E-state index in [1.807, 2.05) is 11.9 Å². The van der Waals surface area contributed by atoms with E-state index in [0.29, 0.717) is 11.9 Å². The molecule has 0 N–H and O–H groups in total. The highest BCUT2D eigenvalue weighted by Crippen LogP contribution is 2.41. The Labute approximate surface area is 115 Å². The maximum atomic E-state index is 12.1. The molecule has 0 aromatic heterocycles. The molecule has 1 aromatic carbocycles. The normalized spacial score (nSPS) is 29.4. The highest BCUT2D eigenvalue weighted by Gasteiger charge is 2.52. The lowest BCUT2D eigenvalue weighted by molar-refractivity contribution is -0.164. The molecule has 0 unspecified atom stereocenters. The molecule has 0 bridgehead atoms. The van der Waals surface area contributed by atoms with Crippen LogP contribution in [0.15, 0.2) is 30.3 Å². The van der Waals surface area contributed by atoms with Gasteiger partial charge >= 0.3 is 0 Å². The monoisotopic (exact) mass is 258 g/mol. The lowest BCUT2D eigenvalue weighted by Crippen LogP contribution is -2.65. The summed E-state index contributed by atoms with van der Waals surface area (Å²) in [5.74, 6) is 0.345. The molecular weight excluding hydrogens is 236 g/mol. The zero-order valence-corrected chi connectivity index (χ0v) is 11.8. The van der Waals surface area contributed by atoms with E-state index in [-0.39, 0.29) is 5.41 Å². The van der Waals surface area contributed by atoms with Gasteiger partial charge in [-0.2, -0.15) is 0 Å². The minimum Gasteiger partial charge on any atom is -0.344 e. The van der Waals surface area contributed by atoms with Gasteiger partial charge in [-0.1, -0.05) is 30.3 Å². The number of hydrogen-bond donors (Lipinski definition) is 0. The smallest absolute Gasteiger partial charge is 0.231 e. The molecule has 1 spiro atoms.